The number of aromatic nitrogens is 2. The second-order valence-electron chi connectivity index (χ2n) is 5.54. The predicted octanol–water partition coefficient (Wildman–Crippen LogP) is 1.46. The molecule has 2 aromatic rings. The molecule has 1 aliphatic rings. The Balaban J connectivity index is 1.59. The fourth-order valence-corrected chi connectivity index (χ4v) is 2.59. The van der Waals surface area contributed by atoms with Crippen LogP contribution in [-0.2, 0) is 6.42 Å². The van der Waals surface area contributed by atoms with Gasteiger partial charge in [0.2, 0.25) is 5.89 Å². The van der Waals surface area contributed by atoms with Crippen molar-refractivity contribution in [1.82, 2.24) is 20.4 Å². The normalized spacial score (nSPS) is 19.2. The van der Waals surface area contributed by atoms with E-state index in [0.29, 0.717) is 24.6 Å². The van der Waals surface area contributed by atoms with Crippen molar-refractivity contribution >= 4 is 5.78 Å². The van der Waals surface area contributed by atoms with E-state index < -0.39 is 0 Å². The third-order valence-corrected chi connectivity index (χ3v) is 3.95. The number of hydrogen-bond acceptors (Lipinski definition) is 6. The van der Waals surface area contributed by atoms with Crippen LogP contribution in [0, 0.1) is 0 Å². The Labute approximate surface area is 129 Å². The van der Waals surface area contributed by atoms with Crippen LogP contribution in [0.4, 0.5) is 0 Å². The zero-order valence-electron chi connectivity index (χ0n) is 12.7. The zero-order chi connectivity index (χ0) is 15.4. The highest BCUT2D eigenvalue weighted by Crippen LogP contribution is 2.18. The van der Waals surface area contributed by atoms with Gasteiger partial charge in [0.05, 0.1) is 6.04 Å². The SMILES string of the molecule is CN1CCNCC1c1noc(CCC(=O)c2ccccc2)n1. The van der Waals surface area contributed by atoms with E-state index in [1.165, 1.54) is 0 Å². The van der Waals surface area contributed by atoms with Gasteiger partial charge in [-0.15, -0.1) is 0 Å². The summed E-state index contributed by atoms with van der Waals surface area (Å²) in [7, 11) is 2.06. The molecule has 1 aromatic carbocycles. The van der Waals surface area contributed by atoms with E-state index in [4.69, 9.17) is 4.52 Å². The second-order valence-corrected chi connectivity index (χ2v) is 5.54. The van der Waals surface area contributed by atoms with Crippen LogP contribution in [-0.4, -0.2) is 47.5 Å². The average Bonchev–Trinajstić information content (AvgIpc) is 3.02. The Morgan fingerprint density at radius 2 is 2.23 bits per heavy atom. The summed E-state index contributed by atoms with van der Waals surface area (Å²) >= 11 is 0. The molecule has 22 heavy (non-hydrogen) atoms. The first-order chi connectivity index (χ1) is 10.7. The van der Waals surface area contributed by atoms with Gasteiger partial charge in [0.25, 0.3) is 0 Å². The lowest BCUT2D eigenvalue weighted by Crippen LogP contribution is -2.44. The van der Waals surface area contributed by atoms with E-state index in [-0.39, 0.29) is 11.8 Å². The number of rotatable bonds is 5. The Bertz CT molecular complexity index is 626. The smallest absolute Gasteiger partial charge is 0.227 e. The van der Waals surface area contributed by atoms with Crippen LogP contribution < -0.4 is 5.32 Å². The van der Waals surface area contributed by atoms with Crippen LogP contribution >= 0.6 is 0 Å². The van der Waals surface area contributed by atoms with Gasteiger partial charge in [-0.2, -0.15) is 4.98 Å². The number of carbonyl (C=O) groups is 1. The quantitative estimate of drug-likeness (QED) is 0.843. The van der Waals surface area contributed by atoms with Gasteiger partial charge in [0.15, 0.2) is 11.6 Å². The van der Waals surface area contributed by atoms with Gasteiger partial charge in [0.1, 0.15) is 0 Å². The summed E-state index contributed by atoms with van der Waals surface area (Å²) < 4.78 is 5.28. The standard InChI is InChI=1S/C16H20N4O2/c1-20-10-9-17-11-13(20)16-18-15(22-19-16)8-7-14(21)12-5-3-2-4-6-12/h2-6,13,17H,7-11H2,1H3. The molecule has 116 valence electrons. The number of likely N-dealkylation sites (N-methyl/N-ethyl adjacent to an activating group) is 1. The van der Waals surface area contributed by atoms with Crippen molar-refractivity contribution in [2.45, 2.75) is 18.9 Å². The van der Waals surface area contributed by atoms with E-state index in [1.54, 1.807) is 0 Å². The third kappa shape index (κ3) is 3.40. The molecule has 6 heteroatoms. The van der Waals surface area contributed by atoms with E-state index in [2.05, 4.69) is 27.4 Å². The van der Waals surface area contributed by atoms with Crippen molar-refractivity contribution in [3.05, 3.63) is 47.6 Å². The Morgan fingerprint density at radius 1 is 1.41 bits per heavy atom. The largest absolute Gasteiger partial charge is 0.339 e. The summed E-state index contributed by atoms with van der Waals surface area (Å²) in [5, 5.41) is 7.39. The Morgan fingerprint density at radius 3 is 3.00 bits per heavy atom. The molecule has 1 N–H and O–H groups in total. The molecule has 0 bridgehead atoms. The average molecular weight is 300 g/mol. The highest BCUT2D eigenvalue weighted by Gasteiger charge is 2.25. The van der Waals surface area contributed by atoms with Crippen molar-refractivity contribution in [1.29, 1.82) is 0 Å². The van der Waals surface area contributed by atoms with Gasteiger partial charge in [-0.05, 0) is 7.05 Å². The maximum Gasteiger partial charge on any atom is 0.227 e. The van der Waals surface area contributed by atoms with E-state index in [9.17, 15) is 4.79 Å². The van der Waals surface area contributed by atoms with Crippen molar-refractivity contribution in [3.8, 4) is 0 Å². The Kier molecular flexibility index (Phi) is 4.60. The fourth-order valence-electron chi connectivity index (χ4n) is 2.59. The van der Waals surface area contributed by atoms with E-state index >= 15 is 0 Å². The molecular formula is C16H20N4O2. The van der Waals surface area contributed by atoms with Crippen LogP contribution in [0.2, 0.25) is 0 Å². The maximum atomic E-state index is 12.1. The first-order valence-electron chi connectivity index (χ1n) is 7.56. The van der Waals surface area contributed by atoms with Gasteiger partial charge < -0.3 is 9.84 Å². The molecule has 0 radical (unpaired) electrons. The predicted molar refractivity (Wildman–Crippen MR) is 81.6 cm³/mol. The molecule has 6 nitrogen and oxygen atoms in total. The molecule has 1 aliphatic heterocycles. The number of Topliss-reactive ketones (excluding diaryl/α,β-unsaturated/α-hetero) is 1. The number of carbonyl (C=O) groups excluding carboxylic acids is 1. The lowest BCUT2D eigenvalue weighted by molar-refractivity contribution is 0.0979. The summed E-state index contributed by atoms with van der Waals surface area (Å²) in [5.41, 5.74) is 0.721. The number of ketones is 1. The second kappa shape index (κ2) is 6.81. The summed E-state index contributed by atoms with van der Waals surface area (Å²) in [6, 6.07) is 9.41. The van der Waals surface area contributed by atoms with Crippen LogP contribution in [0.1, 0.15) is 34.5 Å². The van der Waals surface area contributed by atoms with Gasteiger partial charge in [-0.1, -0.05) is 35.5 Å². The molecule has 1 unspecified atom stereocenters. The van der Waals surface area contributed by atoms with Gasteiger partial charge in [-0.25, -0.2) is 0 Å². The minimum Gasteiger partial charge on any atom is -0.339 e. The van der Waals surface area contributed by atoms with Crippen molar-refractivity contribution in [3.63, 3.8) is 0 Å². The number of aryl methyl sites for hydroxylation is 1. The van der Waals surface area contributed by atoms with E-state index in [1.807, 2.05) is 30.3 Å². The molecule has 1 aromatic heterocycles. The Hall–Kier alpha value is -2.05. The lowest BCUT2D eigenvalue weighted by Gasteiger charge is -2.30. The number of benzene rings is 1. The molecule has 1 saturated heterocycles. The van der Waals surface area contributed by atoms with Gasteiger partial charge >= 0.3 is 0 Å². The molecule has 3 rings (SSSR count). The minimum absolute atomic E-state index is 0.0943. The maximum absolute atomic E-state index is 12.1. The highest BCUT2D eigenvalue weighted by molar-refractivity contribution is 5.96. The molecule has 1 fully saturated rings. The molecule has 2 heterocycles. The molecule has 0 amide bonds. The van der Waals surface area contributed by atoms with E-state index in [0.717, 1.165) is 25.2 Å². The summed E-state index contributed by atoms with van der Waals surface area (Å²) in [5.74, 6) is 1.31. The van der Waals surface area contributed by atoms with Crippen molar-refractivity contribution < 1.29 is 9.32 Å². The van der Waals surface area contributed by atoms with Crippen molar-refractivity contribution in [2.24, 2.45) is 0 Å². The summed E-state index contributed by atoms with van der Waals surface area (Å²) in [6.45, 7) is 2.75. The highest BCUT2D eigenvalue weighted by atomic mass is 16.5. The lowest BCUT2D eigenvalue weighted by atomic mass is 10.1. The third-order valence-electron chi connectivity index (χ3n) is 3.95. The van der Waals surface area contributed by atoms with Gasteiger partial charge in [-0.3, -0.25) is 9.69 Å². The number of piperazine rings is 1. The molecular weight excluding hydrogens is 280 g/mol. The molecule has 1 atom stereocenters. The summed E-state index contributed by atoms with van der Waals surface area (Å²) in [4.78, 5) is 18.7. The monoisotopic (exact) mass is 300 g/mol. The van der Waals surface area contributed by atoms with Crippen molar-refractivity contribution in [2.75, 3.05) is 26.7 Å². The molecule has 0 spiro atoms. The number of nitrogens with zero attached hydrogens (tertiary/aromatic N) is 3. The molecule has 0 aliphatic carbocycles. The first kappa shape index (κ1) is 14.9. The topological polar surface area (TPSA) is 71.3 Å². The summed E-state index contributed by atoms with van der Waals surface area (Å²) in [6.07, 6.45) is 0.856. The number of nitrogens with one attached hydrogen (secondary N) is 1. The molecule has 0 saturated carbocycles. The number of hydrogen-bond donors (Lipinski definition) is 1. The zero-order valence-corrected chi connectivity index (χ0v) is 12.7. The van der Waals surface area contributed by atoms with Crippen LogP contribution in [0.15, 0.2) is 34.9 Å². The fraction of sp³-hybridized carbons (Fsp3) is 0.438. The minimum atomic E-state index is 0.0943. The van der Waals surface area contributed by atoms with Gasteiger partial charge in [0, 0.05) is 38.0 Å². The van der Waals surface area contributed by atoms with Crippen LogP contribution in [0.3, 0.4) is 0 Å². The van der Waals surface area contributed by atoms with Crippen LogP contribution in [0.5, 0.6) is 0 Å². The van der Waals surface area contributed by atoms with Crippen LogP contribution in [0.25, 0.3) is 0 Å². The first-order valence-corrected chi connectivity index (χ1v) is 7.56.